The van der Waals surface area contributed by atoms with E-state index in [2.05, 4.69) is 85.1 Å². The number of rotatable bonds is 7. The number of pyridine rings is 2. The van der Waals surface area contributed by atoms with Gasteiger partial charge in [-0.25, -0.2) is 4.52 Å². The van der Waals surface area contributed by atoms with Gasteiger partial charge in [-0.2, -0.15) is 5.10 Å². The molecule has 3 aromatic carbocycles. The second-order valence-electron chi connectivity index (χ2n) is 11.9. The van der Waals surface area contributed by atoms with Crippen LogP contribution in [0.25, 0.3) is 49.9 Å². The molecule has 0 atom stereocenters. The van der Waals surface area contributed by atoms with E-state index in [0.29, 0.717) is 11.7 Å². The number of aromatic nitrogens is 3. The maximum absolute atomic E-state index is 5.81. The molecule has 2 aliphatic carbocycles. The molecule has 1 saturated carbocycles. The van der Waals surface area contributed by atoms with Crippen LogP contribution in [-0.4, -0.2) is 28.8 Å². The Hall–Kier alpha value is -4.64. The van der Waals surface area contributed by atoms with Gasteiger partial charge in [0.1, 0.15) is 5.69 Å². The Morgan fingerprint density at radius 3 is 2.28 bits per heavy atom. The van der Waals surface area contributed by atoms with Gasteiger partial charge < -0.3 is 9.47 Å². The van der Waals surface area contributed by atoms with Crippen molar-refractivity contribution in [3.05, 3.63) is 102 Å². The Balaban J connectivity index is 1.50. The second-order valence-corrected chi connectivity index (χ2v) is 11.9. The minimum absolute atomic E-state index is 0.0199. The lowest BCUT2D eigenvalue weighted by Crippen LogP contribution is -2.23. The molecule has 1 fully saturated rings. The number of ether oxygens (including phenoxy) is 2. The SMILES string of the molecule is CCC1(CC)c2ccccc2-c2ccc(-c3c(-c4ccccn4)nn4c(C5CC5)cc5cc(OC)c(OC)cc5c34)cc21. The molecule has 0 unspecified atom stereocenters. The molecular formula is C38H35N3O2. The number of benzene rings is 3. The van der Waals surface area contributed by atoms with Crippen LogP contribution in [0.15, 0.2) is 85.1 Å². The predicted molar refractivity (Wildman–Crippen MR) is 173 cm³/mol. The van der Waals surface area contributed by atoms with Gasteiger partial charge in [0, 0.05) is 34.2 Å². The normalized spacial score (nSPS) is 15.1. The predicted octanol–water partition coefficient (Wildman–Crippen LogP) is 9.20. The minimum Gasteiger partial charge on any atom is -0.493 e. The first kappa shape index (κ1) is 26.0. The highest BCUT2D eigenvalue weighted by Crippen LogP contribution is 2.54. The molecule has 0 radical (unpaired) electrons. The molecular weight excluding hydrogens is 530 g/mol. The molecule has 8 rings (SSSR count). The fourth-order valence-electron chi connectivity index (χ4n) is 7.54. The van der Waals surface area contributed by atoms with Crippen molar-refractivity contribution in [2.75, 3.05) is 14.2 Å². The Morgan fingerprint density at radius 2 is 1.56 bits per heavy atom. The Labute approximate surface area is 252 Å². The summed E-state index contributed by atoms with van der Waals surface area (Å²) in [6.45, 7) is 4.65. The average molecular weight is 566 g/mol. The molecule has 2 aliphatic rings. The lowest BCUT2D eigenvalue weighted by Gasteiger charge is -2.30. The lowest BCUT2D eigenvalue weighted by atomic mass is 9.73. The quantitative estimate of drug-likeness (QED) is 0.194. The summed E-state index contributed by atoms with van der Waals surface area (Å²) in [5.74, 6) is 1.94. The van der Waals surface area contributed by atoms with Crippen molar-refractivity contribution in [3.8, 4) is 45.1 Å². The molecule has 6 aromatic rings. The summed E-state index contributed by atoms with van der Waals surface area (Å²) in [5, 5.41) is 7.58. The highest BCUT2D eigenvalue weighted by atomic mass is 16.5. The van der Waals surface area contributed by atoms with E-state index in [0.717, 1.165) is 57.4 Å². The summed E-state index contributed by atoms with van der Waals surface area (Å²) in [6.07, 6.45) is 6.30. The molecule has 0 aliphatic heterocycles. The van der Waals surface area contributed by atoms with E-state index in [1.165, 1.54) is 40.8 Å². The third-order valence-electron chi connectivity index (χ3n) is 9.91. The Bertz CT molecular complexity index is 2030. The lowest BCUT2D eigenvalue weighted by molar-refractivity contribution is 0.356. The summed E-state index contributed by atoms with van der Waals surface area (Å²) in [4.78, 5) is 4.81. The fraction of sp³-hybridized carbons (Fsp3) is 0.263. The van der Waals surface area contributed by atoms with Crippen molar-refractivity contribution in [1.82, 2.24) is 14.6 Å². The monoisotopic (exact) mass is 565 g/mol. The molecule has 214 valence electrons. The fourth-order valence-corrected chi connectivity index (χ4v) is 7.54. The third-order valence-corrected chi connectivity index (χ3v) is 9.91. The topological polar surface area (TPSA) is 48.7 Å². The van der Waals surface area contributed by atoms with Gasteiger partial charge >= 0.3 is 0 Å². The van der Waals surface area contributed by atoms with Crippen LogP contribution in [0.4, 0.5) is 0 Å². The molecule has 43 heavy (non-hydrogen) atoms. The maximum Gasteiger partial charge on any atom is 0.161 e. The Morgan fingerprint density at radius 1 is 0.814 bits per heavy atom. The minimum atomic E-state index is -0.0199. The third kappa shape index (κ3) is 3.70. The molecule has 5 nitrogen and oxygen atoms in total. The van der Waals surface area contributed by atoms with Crippen molar-refractivity contribution in [1.29, 1.82) is 0 Å². The van der Waals surface area contributed by atoms with Crippen molar-refractivity contribution in [2.45, 2.75) is 50.9 Å². The van der Waals surface area contributed by atoms with E-state index in [-0.39, 0.29) is 5.41 Å². The van der Waals surface area contributed by atoms with E-state index >= 15 is 0 Å². The number of fused-ring (bicyclic) bond motifs is 6. The van der Waals surface area contributed by atoms with Crippen LogP contribution in [0.2, 0.25) is 0 Å². The smallest absolute Gasteiger partial charge is 0.161 e. The first-order chi connectivity index (χ1) is 21.1. The zero-order valence-electron chi connectivity index (χ0n) is 25.1. The van der Waals surface area contributed by atoms with Crippen LogP contribution < -0.4 is 9.47 Å². The van der Waals surface area contributed by atoms with Crippen LogP contribution in [0.5, 0.6) is 11.5 Å². The molecule has 0 saturated heterocycles. The highest BCUT2D eigenvalue weighted by molar-refractivity contribution is 6.08. The van der Waals surface area contributed by atoms with E-state index < -0.39 is 0 Å². The van der Waals surface area contributed by atoms with Gasteiger partial charge in [-0.3, -0.25) is 4.98 Å². The van der Waals surface area contributed by atoms with Gasteiger partial charge in [0.25, 0.3) is 0 Å². The number of nitrogens with zero attached hydrogens (tertiary/aromatic N) is 3. The van der Waals surface area contributed by atoms with Gasteiger partial charge in [-0.1, -0.05) is 56.3 Å². The summed E-state index contributed by atoms with van der Waals surface area (Å²) < 4.78 is 13.7. The van der Waals surface area contributed by atoms with E-state index in [4.69, 9.17) is 19.6 Å². The summed E-state index contributed by atoms with van der Waals surface area (Å²) in [7, 11) is 3.40. The molecule has 0 bridgehead atoms. The molecule has 5 heteroatoms. The molecule has 0 spiro atoms. The largest absolute Gasteiger partial charge is 0.493 e. The average Bonchev–Trinajstić information content (AvgIpc) is 3.77. The second kappa shape index (κ2) is 9.70. The van der Waals surface area contributed by atoms with Crippen LogP contribution in [0.3, 0.4) is 0 Å². The first-order valence-electron chi connectivity index (χ1n) is 15.4. The van der Waals surface area contributed by atoms with Crippen molar-refractivity contribution < 1.29 is 9.47 Å². The van der Waals surface area contributed by atoms with Crippen molar-refractivity contribution in [3.63, 3.8) is 0 Å². The van der Waals surface area contributed by atoms with Gasteiger partial charge in [0.2, 0.25) is 0 Å². The van der Waals surface area contributed by atoms with Gasteiger partial charge in [-0.15, -0.1) is 0 Å². The van der Waals surface area contributed by atoms with Crippen molar-refractivity contribution in [2.24, 2.45) is 0 Å². The number of methoxy groups -OCH3 is 2. The van der Waals surface area contributed by atoms with Crippen LogP contribution in [0.1, 0.15) is 62.3 Å². The van der Waals surface area contributed by atoms with Gasteiger partial charge in [0.15, 0.2) is 11.5 Å². The van der Waals surface area contributed by atoms with Crippen LogP contribution >= 0.6 is 0 Å². The summed E-state index contributed by atoms with van der Waals surface area (Å²) in [6, 6.07) is 28.6. The first-order valence-corrected chi connectivity index (χ1v) is 15.4. The standard InChI is InChI=1S/C38H35N3O2/c1-5-38(6-2)29-12-8-7-11-26(29)27-17-16-24(19-30(27)38)35-36(31-13-9-10-18-39-31)40-41-32(23-14-15-23)20-25-21-33(42-3)34(43-4)22-28(25)37(35)41/h7-13,16-23H,5-6,14-15H2,1-4H3. The van der Waals surface area contributed by atoms with E-state index in [1.807, 2.05) is 18.3 Å². The molecule has 3 aromatic heterocycles. The van der Waals surface area contributed by atoms with E-state index in [9.17, 15) is 0 Å². The van der Waals surface area contributed by atoms with E-state index in [1.54, 1.807) is 14.2 Å². The summed E-state index contributed by atoms with van der Waals surface area (Å²) in [5.41, 5.74) is 11.9. The summed E-state index contributed by atoms with van der Waals surface area (Å²) >= 11 is 0. The molecule has 3 heterocycles. The van der Waals surface area contributed by atoms with Crippen LogP contribution in [0, 0.1) is 0 Å². The van der Waals surface area contributed by atoms with Gasteiger partial charge in [0.05, 0.1) is 25.4 Å². The number of hydrogen-bond donors (Lipinski definition) is 0. The van der Waals surface area contributed by atoms with Gasteiger partial charge in [-0.05, 0) is 95.3 Å². The zero-order chi connectivity index (χ0) is 29.3. The van der Waals surface area contributed by atoms with Crippen LogP contribution in [-0.2, 0) is 5.41 Å². The highest BCUT2D eigenvalue weighted by Gasteiger charge is 2.41. The van der Waals surface area contributed by atoms with Crippen molar-refractivity contribution >= 4 is 16.3 Å². The maximum atomic E-state index is 5.81. The molecule has 0 N–H and O–H groups in total. The Kier molecular flexibility index (Phi) is 5.87. The molecule has 0 amide bonds. The zero-order valence-corrected chi connectivity index (χ0v) is 25.1. The number of hydrogen-bond acceptors (Lipinski definition) is 4.